The van der Waals surface area contributed by atoms with Crippen LogP contribution < -0.4 is 14.8 Å². The van der Waals surface area contributed by atoms with E-state index < -0.39 is 0 Å². The van der Waals surface area contributed by atoms with Crippen LogP contribution in [0.25, 0.3) is 10.8 Å². The summed E-state index contributed by atoms with van der Waals surface area (Å²) >= 11 is 6.20. The normalized spacial score (nSPS) is 12.9. The molecule has 0 saturated carbocycles. The Morgan fingerprint density at radius 1 is 1.12 bits per heavy atom. The maximum atomic E-state index is 12.5. The van der Waals surface area contributed by atoms with Gasteiger partial charge in [0.25, 0.3) is 5.91 Å². The Bertz CT molecular complexity index is 1030. The Morgan fingerprint density at radius 2 is 1.92 bits per heavy atom. The molecule has 130 valence electrons. The molecule has 3 aromatic rings. The van der Waals surface area contributed by atoms with Gasteiger partial charge < -0.3 is 14.8 Å². The van der Waals surface area contributed by atoms with Crippen molar-refractivity contribution in [3.63, 3.8) is 0 Å². The van der Waals surface area contributed by atoms with E-state index in [0.717, 1.165) is 10.8 Å². The second kappa shape index (κ2) is 6.69. The molecule has 5 nitrogen and oxygen atoms in total. The van der Waals surface area contributed by atoms with Gasteiger partial charge in [-0.05, 0) is 30.3 Å². The molecule has 1 N–H and O–H groups in total. The van der Waals surface area contributed by atoms with Gasteiger partial charge in [0, 0.05) is 21.4 Å². The van der Waals surface area contributed by atoms with Crippen LogP contribution in [0, 0.1) is 0 Å². The van der Waals surface area contributed by atoms with Crippen LogP contribution in [0.2, 0.25) is 5.02 Å². The van der Waals surface area contributed by atoms with Crippen LogP contribution in [0.3, 0.4) is 0 Å². The van der Waals surface area contributed by atoms with Crippen molar-refractivity contribution in [2.45, 2.75) is 0 Å². The maximum absolute atomic E-state index is 12.5. The third-order valence-electron chi connectivity index (χ3n) is 4.12. The average Bonchev–Trinajstić information content (AvgIpc) is 2.67. The summed E-state index contributed by atoms with van der Waals surface area (Å²) in [4.78, 5) is 23.9. The number of carbonyl (C=O) groups is 2. The molecule has 1 heterocycles. The number of Topliss-reactive ketones (excluding diaryl/α,β-unsaturated/α-hetero) is 1. The highest BCUT2D eigenvalue weighted by atomic mass is 35.5. The monoisotopic (exact) mass is 367 g/mol. The highest BCUT2D eigenvalue weighted by Gasteiger charge is 2.18. The minimum Gasteiger partial charge on any atom is -0.485 e. The minimum absolute atomic E-state index is 0.0208. The van der Waals surface area contributed by atoms with Crippen LogP contribution in [0.15, 0.2) is 54.6 Å². The molecule has 0 fully saturated rings. The van der Waals surface area contributed by atoms with Gasteiger partial charge >= 0.3 is 0 Å². The molecule has 0 aliphatic carbocycles. The third kappa shape index (κ3) is 3.09. The fraction of sp³-hybridized carbons (Fsp3) is 0.100. The quantitative estimate of drug-likeness (QED) is 0.705. The van der Waals surface area contributed by atoms with Gasteiger partial charge in [-0.25, -0.2) is 0 Å². The Morgan fingerprint density at radius 3 is 2.77 bits per heavy atom. The van der Waals surface area contributed by atoms with Gasteiger partial charge in [0.15, 0.2) is 19.0 Å². The van der Waals surface area contributed by atoms with Crippen LogP contribution >= 0.6 is 11.6 Å². The van der Waals surface area contributed by atoms with Crippen LogP contribution in [0.4, 0.5) is 5.69 Å². The molecule has 0 aromatic heterocycles. The first-order valence-electron chi connectivity index (χ1n) is 8.02. The van der Waals surface area contributed by atoms with Crippen molar-refractivity contribution in [2.75, 3.05) is 18.5 Å². The summed E-state index contributed by atoms with van der Waals surface area (Å²) in [6.07, 6.45) is 0. The number of amides is 1. The van der Waals surface area contributed by atoms with Crippen molar-refractivity contribution >= 4 is 39.8 Å². The van der Waals surface area contributed by atoms with E-state index in [0.29, 0.717) is 27.8 Å². The average molecular weight is 368 g/mol. The zero-order valence-corrected chi connectivity index (χ0v) is 14.4. The van der Waals surface area contributed by atoms with Crippen molar-refractivity contribution in [3.05, 3.63) is 65.2 Å². The number of ketones is 1. The van der Waals surface area contributed by atoms with E-state index >= 15 is 0 Å². The van der Waals surface area contributed by atoms with Gasteiger partial charge in [-0.1, -0.05) is 35.9 Å². The Labute approximate surface area is 154 Å². The summed E-state index contributed by atoms with van der Waals surface area (Å²) in [5.41, 5.74) is 0.928. The minimum atomic E-state index is -0.244. The zero-order chi connectivity index (χ0) is 18.1. The molecule has 0 saturated heterocycles. The van der Waals surface area contributed by atoms with E-state index in [2.05, 4.69) is 5.32 Å². The predicted octanol–water partition coefficient (Wildman–Crippen LogP) is 4.09. The Kier molecular flexibility index (Phi) is 4.22. The van der Waals surface area contributed by atoms with Gasteiger partial charge in [-0.2, -0.15) is 0 Å². The van der Waals surface area contributed by atoms with E-state index in [1.54, 1.807) is 30.3 Å². The fourth-order valence-electron chi connectivity index (χ4n) is 2.84. The molecular formula is C20H14ClNO4. The van der Waals surface area contributed by atoms with E-state index in [1.807, 2.05) is 24.3 Å². The summed E-state index contributed by atoms with van der Waals surface area (Å²) in [5, 5.41) is 5.03. The van der Waals surface area contributed by atoms with Crippen molar-refractivity contribution in [1.82, 2.24) is 0 Å². The molecule has 26 heavy (non-hydrogen) atoms. The second-order valence-corrected chi connectivity index (χ2v) is 6.26. The van der Waals surface area contributed by atoms with E-state index in [1.165, 1.54) is 0 Å². The number of benzene rings is 3. The molecule has 0 spiro atoms. The van der Waals surface area contributed by atoms with Gasteiger partial charge in [-0.3, -0.25) is 9.59 Å². The summed E-state index contributed by atoms with van der Waals surface area (Å²) in [5.74, 6) is 0.691. The number of nitrogens with one attached hydrogen (secondary N) is 1. The first-order valence-corrected chi connectivity index (χ1v) is 8.39. The number of fused-ring (bicyclic) bond motifs is 2. The first kappa shape index (κ1) is 16.4. The lowest BCUT2D eigenvalue weighted by Gasteiger charge is -2.18. The van der Waals surface area contributed by atoms with Gasteiger partial charge in [0.1, 0.15) is 11.5 Å². The number of hydrogen-bond donors (Lipinski definition) is 1. The lowest BCUT2D eigenvalue weighted by molar-refractivity contribution is -0.118. The first-order chi connectivity index (χ1) is 12.6. The van der Waals surface area contributed by atoms with Crippen molar-refractivity contribution < 1.29 is 19.1 Å². The van der Waals surface area contributed by atoms with E-state index in [-0.39, 0.29) is 24.9 Å². The zero-order valence-electron chi connectivity index (χ0n) is 13.6. The fourth-order valence-corrected chi connectivity index (χ4v) is 3.07. The van der Waals surface area contributed by atoms with E-state index in [4.69, 9.17) is 21.1 Å². The summed E-state index contributed by atoms with van der Waals surface area (Å²) in [7, 11) is 0. The SMILES string of the molecule is O=C1COc2ccc(C(=O)COc3ccc(Cl)c4ccccc34)cc2N1. The molecule has 0 radical (unpaired) electrons. The summed E-state index contributed by atoms with van der Waals surface area (Å²) < 4.78 is 11.0. The van der Waals surface area contributed by atoms with Gasteiger partial charge in [0.2, 0.25) is 0 Å². The highest BCUT2D eigenvalue weighted by molar-refractivity contribution is 6.35. The third-order valence-corrected chi connectivity index (χ3v) is 4.45. The van der Waals surface area contributed by atoms with Gasteiger partial charge in [0.05, 0.1) is 5.69 Å². The Hall–Kier alpha value is -3.05. The van der Waals surface area contributed by atoms with Crippen molar-refractivity contribution in [2.24, 2.45) is 0 Å². The predicted molar refractivity (Wildman–Crippen MR) is 99.4 cm³/mol. The summed E-state index contributed by atoms with van der Waals surface area (Å²) in [6, 6.07) is 16.0. The number of halogens is 1. The summed E-state index contributed by atoms with van der Waals surface area (Å²) in [6.45, 7) is -0.147. The number of ether oxygens (including phenoxy) is 2. The number of rotatable bonds is 4. The smallest absolute Gasteiger partial charge is 0.262 e. The largest absolute Gasteiger partial charge is 0.485 e. The highest BCUT2D eigenvalue weighted by Crippen LogP contribution is 2.32. The molecule has 6 heteroatoms. The van der Waals surface area contributed by atoms with Gasteiger partial charge in [-0.15, -0.1) is 0 Å². The number of anilines is 1. The van der Waals surface area contributed by atoms with Crippen LogP contribution in [-0.4, -0.2) is 24.9 Å². The standard InChI is InChI=1S/C20H14ClNO4/c21-15-6-8-18(14-4-2-1-3-13(14)15)25-10-17(23)12-5-7-19-16(9-12)22-20(24)11-26-19/h1-9H,10-11H2,(H,22,24). The lowest BCUT2D eigenvalue weighted by Crippen LogP contribution is -2.25. The lowest BCUT2D eigenvalue weighted by atomic mass is 10.1. The topological polar surface area (TPSA) is 64.6 Å². The number of carbonyl (C=O) groups excluding carboxylic acids is 2. The maximum Gasteiger partial charge on any atom is 0.262 e. The van der Waals surface area contributed by atoms with Crippen LogP contribution in [0.5, 0.6) is 11.5 Å². The molecule has 3 aromatic carbocycles. The molecule has 0 atom stereocenters. The molecule has 1 aliphatic rings. The molecule has 1 aliphatic heterocycles. The number of hydrogen-bond acceptors (Lipinski definition) is 4. The Balaban J connectivity index is 1.54. The molecule has 1 amide bonds. The molecule has 0 bridgehead atoms. The second-order valence-electron chi connectivity index (χ2n) is 5.85. The van der Waals surface area contributed by atoms with Crippen LogP contribution in [-0.2, 0) is 4.79 Å². The molecule has 4 rings (SSSR count). The molecular weight excluding hydrogens is 354 g/mol. The molecule has 0 unspecified atom stereocenters. The van der Waals surface area contributed by atoms with Crippen molar-refractivity contribution in [3.8, 4) is 11.5 Å². The van der Waals surface area contributed by atoms with Crippen molar-refractivity contribution in [1.29, 1.82) is 0 Å². The van der Waals surface area contributed by atoms with E-state index in [9.17, 15) is 9.59 Å². The van der Waals surface area contributed by atoms with Crippen LogP contribution in [0.1, 0.15) is 10.4 Å².